The first-order valence-corrected chi connectivity index (χ1v) is 8.20. The topological polar surface area (TPSA) is 81.2 Å². The Morgan fingerprint density at radius 2 is 1.96 bits per heavy atom. The second-order valence-corrected chi connectivity index (χ2v) is 6.25. The second-order valence-electron chi connectivity index (χ2n) is 6.25. The van der Waals surface area contributed by atoms with Crippen LogP contribution in [0.2, 0.25) is 0 Å². The summed E-state index contributed by atoms with van der Waals surface area (Å²) in [7, 11) is 4.10. The number of fused-ring (bicyclic) bond motifs is 1. The van der Waals surface area contributed by atoms with Crippen LogP contribution in [0.1, 0.15) is 21.7 Å². The van der Waals surface area contributed by atoms with Crippen molar-refractivity contribution in [3.05, 3.63) is 59.4 Å². The lowest BCUT2D eigenvalue weighted by Gasteiger charge is -2.10. The van der Waals surface area contributed by atoms with Gasteiger partial charge < -0.3 is 20.3 Å². The molecule has 0 aliphatic heterocycles. The highest BCUT2D eigenvalue weighted by Gasteiger charge is 2.13. The largest absolute Gasteiger partial charge is 0.388 e. The highest BCUT2D eigenvalue weighted by atomic mass is 16.3. The van der Waals surface area contributed by atoms with E-state index >= 15 is 0 Å². The van der Waals surface area contributed by atoms with Crippen molar-refractivity contribution >= 4 is 22.6 Å². The van der Waals surface area contributed by atoms with Crippen LogP contribution in [-0.2, 0) is 13.0 Å². The van der Waals surface area contributed by atoms with Crippen molar-refractivity contribution in [2.45, 2.75) is 13.0 Å². The summed E-state index contributed by atoms with van der Waals surface area (Å²) in [4.78, 5) is 22.0. The molecule has 0 unspecified atom stereocenters. The Morgan fingerprint density at radius 3 is 2.64 bits per heavy atom. The number of aromatic nitrogens is 2. The SMILES string of the molecule is CN(C)CCc1ccc(NC(=O)c2cccc3[nH]c(CO)nc23)cc1. The summed E-state index contributed by atoms with van der Waals surface area (Å²) < 4.78 is 0. The van der Waals surface area contributed by atoms with Gasteiger partial charge in [0, 0.05) is 12.2 Å². The molecule has 3 N–H and O–H groups in total. The van der Waals surface area contributed by atoms with Crippen LogP contribution < -0.4 is 5.32 Å². The summed E-state index contributed by atoms with van der Waals surface area (Å²) in [5.41, 5.74) is 3.75. The number of carbonyl (C=O) groups is 1. The molecular weight excluding hydrogens is 316 g/mol. The molecule has 25 heavy (non-hydrogen) atoms. The van der Waals surface area contributed by atoms with Gasteiger partial charge in [0.2, 0.25) is 0 Å². The molecule has 0 atom stereocenters. The minimum atomic E-state index is -0.220. The lowest BCUT2D eigenvalue weighted by atomic mass is 10.1. The molecule has 0 fully saturated rings. The number of nitrogens with zero attached hydrogens (tertiary/aromatic N) is 2. The molecule has 0 spiro atoms. The van der Waals surface area contributed by atoms with Gasteiger partial charge in [-0.3, -0.25) is 4.79 Å². The first-order chi connectivity index (χ1) is 12.1. The number of nitrogens with one attached hydrogen (secondary N) is 2. The monoisotopic (exact) mass is 338 g/mol. The fourth-order valence-corrected chi connectivity index (χ4v) is 2.65. The van der Waals surface area contributed by atoms with Crippen molar-refractivity contribution in [1.82, 2.24) is 14.9 Å². The number of hydrogen-bond acceptors (Lipinski definition) is 4. The summed E-state index contributed by atoms with van der Waals surface area (Å²) in [6, 6.07) is 13.2. The zero-order valence-corrected chi connectivity index (χ0v) is 14.4. The van der Waals surface area contributed by atoms with Gasteiger partial charge in [0.05, 0.1) is 11.1 Å². The smallest absolute Gasteiger partial charge is 0.257 e. The van der Waals surface area contributed by atoms with Crippen LogP contribution >= 0.6 is 0 Å². The molecule has 6 nitrogen and oxygen atoms in total. The Morgan fingerprint density at radius 1 is 1.20 bits per heavy atom. The fourth-order valence-electron chi connectivity index (χ4n) is 2.65. The molecule has 1 heterocycles. The van der Waals surface area contributed by atoms with E-state index in [1.54, 1.807) is 12.1 Å². The maximum Gasteiger partial charge on any atom is 0.257 e. The molecule has 6 heteroatoms. The van der Waals surface area contributed by atoms with Gasteiger partial charge in [-0.2, -0.15) is 0 Å². The van der Waals surface area contributed by atoms with Gasteiger partial charge in [0.1, 0.15) is 17.9 Å². The number of aliphatic hydroxyl groups is 1. The summed E-state index contributed by atoms with van der Waals surface area (Å²) in [5, 5.41) is 12.1. The molecule has 0 aliphatic carbocycles. The summed E-state index contributed by atoms with van der Waals surface area (Å²) >= 11 is 0. The number of aromatic amines is 1. The first-order valence-electron chi connectivity index (χ1n) is 8.20. The number of likely N-dealkylation sites (N-methyl/N-ethyl adjacent to an activating group) is 1. The van der Waals surface area contributed by atoms with Crippen LogP contribution in [0.3, 0.4) is 0 Å². The highest BCUT2D eigenvalue weighted by Crippen LogP contribution is 2.19. The number of aliphatic hydroxyl groups excluding tert-OH is 1. The molecule has 1 amide bonds. The predicted molar refractivity (Wildman–Crippen MR) is 98.7 cm³/mol. The molecule has 0 saturated carbocycles. The average Bonchev–Trinajstić information content (AvgIpc) is 3.04. The molecule has 3 rings (SSSR count). The number of rotatable bonds is 6. The number of benzene rings is 2. The molecular formula is C19H22N4O2. The molecule has 3 aromatic rings. The minimum absolute atomic E-state index is 0.190. The van der Waals surface area contributed by atoms with Crippen LogP contribution in [0.5, 0.6) is 0 Å². The summed E-state index contributed by atoms with van der Waals surface area (Å²) in [6.45, 7) is 0.796. The zero-order valence-electron chi connectivity index (χ0n) is 14.4. The summed E-state index contributed by atoms with van der Waals surface area (Å²) in [6.07, 6.45) is 0.970. The van der Waals surface area contributed by atoms with E-state index in [1.165, 1.54) is 5.56 Å². The number of hydrogen-bond donors (Lipinski definition) is 3. The lowest BCUT2D eigenvalue weighted by Crippen LogP contribution is -2.15. The Bertz CT molecular complexity index is 869. The van der Waals surface area contributed by atoms with Crippen LogP contribution in [0.15, 0.2) is 42.5 Å². The lowest BCUT2D eigenvalue weighted by molar-refractivity contribution is 0.102. The molecule has 1 aromatic heterocycles. The van der Waals surface area contributed by atoms with Crippen molar-refractivity contribution in [3.8, 4) is 0 Å². The molecule has 0 bridgehead atoms. The fraction of sp³-hybridized carbons (Fsp3) is 0.263. The van der Waals surface area contributed by atoms with Crippen molar-refractivity contribution < 1.29 is 9.90 Å². The number of carbonyl (C=O) groups excluding carboxylic acids is 1. The van der Waals surface area contributed by atoms with E-state index < -0.39 is 0 Å². The number of H-pyrrole nitrogens is 1. The van der Waals surface area contributed by atoms with Gasteiger partial charge in [0.15, 0.2) is 0 Å². The molecule has 0 aliphatic rings. The van der Waals surface area contributed by atoms with Gasteiger partial charge >= 0.3 is 0 Å². The summed E-state index contributed by atoms with van der Waals surface area (Å²) in [5.74, 6) is 0.225. The molecule has 2 aromatic carbocycles. The van der Waals surface area contributed by atoms with Gasteiger partial charge in [-0.1, -0.05) is 18.2 Å². The predicted octanol–water partition coefficient (Wildman–Crippen LogP) is 2.41. The molecule has 130 valence electrons. The van der Waals surface area contributed by atoms with Crippen molar-refractivity contribution in [2.24, 2.45) is 0 Å². The molecule has 0 saturated heterocycles. The van der Waals surface area contributed by atoms with Crippen LogP contribution in [0, 0.1) is 0 Å². The van der Waals surface area contributed by atoms with Crippen LogP contribution in [0.25, 0.3) is 11.0 Å². The normalized spacial score (nSPS) is 11.2. The average molecular weight is 338 g/mol. The third-order valence-electron chi connectivity index (χ3n) is 4.02. The van der Waals surface area contributed by atoms with Crippen LogP contribution in [-0.4, -0.2) is 46.5 Å². The number of anilines is 1. The zero-order chi connectivity index (χ0) is 17.8. The Labute approximate surface area is 146 Å². The van der Waals surface area contributed by atoms with Crippen molar-refractivity contribution in [1.29, 1.82) is 0 Å². The van der Waals surface area contributed by atoms with E-state index in [2.05, 4.69) is 20.2 Å². The van der Waals surface area contributed by atoms with E-state index in [0.29, 0.717) is 16.9 Å². The highest BCUT2D eigenvalue weighted by molar-refractivity contribution is 6.11. The van der Waals surface area contributed by atoms with E-state index in [9.17, 15) is 9.90 Å². The molecule has 0 radical (unpaired) electrons. The van der Waals surface area contributed by atoms with Crippen molar-refractivity contribution in [3.63, 3.8) is 0 Å². The van der Waals surface area contributed by atoms with Crippen LogP contribution in [0.4, 0.5) is 5.69 Å². The third kappa shape index (κ3) is 4.04. The maximum absolute atomic E-state index is 12.6. The van der Waals surface area contributed by atoms with E-state index in [-0.39, 0.29) is 12.5 Å². The quantitative estimate of drug-likeness (QED) is 0.645. The third-order valence-corrected chi connectivity index (χ3v) is 4.02. The van der Waals surface area contributed by atoms with E-state index in [1.807, 2.05) is 44.4 Å². The number of amides is 1. The minimum Gasteiger partial charge on any atom is -0.388 e. The number of imidazole rings is 1. The Hall–Kier alpha value is -2.70. The van der Waals surface area contributed by atoms with E-state index in [4.69, 9.17) is 0 Å². The first kappa shape index (κ1) is 17.1. The van der Waals surface area contributed by atoms with Gasteiger partial charge in [-0.05, 0) is 50.3 Å². The standard InChI is InChI=1S/C19H22N4O2/c1-23(2)11-10-13-6-8-14(9-7-13)20-19(25)15-4-3-5-16-18(15)22-17(12-24)21-16/h3-9,24H,10-12H2,1-2H3,(H,20,25)(H,21,22). The van der Waals surface area contributed by atoms with Crippen molar-refractivity contribution in [2.75, 3.05) is 26.0 Å². The van der Waals surface area contributed by atoms with Gasteiger partial charge in [-0.25, -0.2) is 4.98 Å². The van der Waals surface area contributed by atoms with Gasteiger partial charge in [0.25, 0.3) is 5.91 Å². The van der Waals surface area contributed by atoms with E-state index in [0.717, 1.165) is 24.2 Å². The Balaban J connectivity index is 1.75. The second kappa shape index (κ2) is 7.46. The Kier molecular flexibility index (Phi) is 5.11. The maximum atomic E-state index is 12.6. The number of para-hydroxylation sites is 1. The van der Waals surface area contributed by atoms with Gasteiger partial charge in [-0.15, -0.1) is 0 Å².